The number of hydrogen-bond donors (Lipinski definition) is 2. The van der Waals surface area contributed by atoms with Gasteiger partial charge in [-0.15, -0.1) is 0 Å². The molecule has 2 aromatic carbocycles. The molecule has 1 fully saturated rings. The first-order valence-corrected chi connectivity index (χ1v) is 9.40. The summed E-state index contributed by atoms with van der Waals surface area (Å²) in [6.07, 6.45) is -0.230. The predicted molar refractivity (Wildman–Crippen MR) is 108 cm³/mol. The van der Waals surface area contributed by atoms with E-state index in [0.717, 1.165) is 5.75 Å². The molecule has 1 aliphatic rings. The summed E-state index contributed by atoms with van der Waals surface area (Å²) in [5.41, 5.74) is 0.634. The third kappa shape index (κ3) is 6.48. The van der Waals surface area contributed by atoms with E-state index in [-0.39, 0.29) is 18.7 Å². The molecule has 1 heterocycles. The maximum Gasteiger partial charge on any atom is 0.322 e. The molecule has 8 heteroatoms. The van der Waals surface area contributed by atoms with Crippen molar-refractivity contribution < 1.29 is 24.2 Å². The summed E-state index contributed by atoms with van der Waals surface area (Å²) in [6.45, 7) is 1.66. The monoisotopic (exact) mass is 399 g/mol. The molecule has 0 bridgehead atoms. The number of para-hydroxylation sites is 1. The number of carbonyl (C=O) groups excluding carboxylic acids is 1. The molecule has 0 aliphatic carbocycles. The number of benzene rings is 2. The average Bonchev–Trinajstić information content (AvgIpc) is 2.68. The van der Waals surface area contributed by atoms with E-state index in [4.69, 9.17) is 14.6 Å². The number of likely N-dealkylation sites (N-methyl/N-ethyl adjacent to an activating group) is 1. The van der Waals surface area contributed by atoms with Crippen LogP contribution in [0.2, 0.25) is 0 Å². The van der Waals surface area contributed by atoms with E-state index in [2.05, 4.69) is 5.32 Å². The molecule has 1 atom stereocenters. The standard InChI is InChI=1S/C21H25N3O5/c1-23(15-20(25)26)13-19-14-24(10-11-28-19)21(27)22-16-6-5-9-18(12-16)29-17-7-3-2-4-8-17/h2-9,12,19H,10-11,13-15H2,1H3,(H,22,27)(H,25,26). The van der Waals surface area contributed by atoms with Gasteiger partial charge >= 0.3 is 12.0 Å². The van der Waals surface area contributed by atoms with Gasteiger partial charge in [-0.25, -0.2) is 4.79 Å². The zero-order valence-electron chi connectivity index (χ0n) is 16.3. The van der Waals surface area contributed by atoms with Crippen LogP contribution in [0.15, 0.2) is 54.6 Å². The van der Waals surface area contributed by atoms with Gasteiger partial charge in [0.1, 0.15) is 11.5 Å². The Bertz CT molecular complexity index is 830. The first kappa shape index (κ1) is 20.6. The number of carbonyl (C=O) groups is 2. The van der Waals surface area contributed by atoms with Crippen LogP contribution >= 0.6 is 0 Å². The van der Waals surface area contributed by atoms with E-state index >= 15 is 0 Å². The Kier molecular flexibility index (Phi) is 7.04. The van der Waals surface area contributed by atoms with E-state index in [1.807, 2.05) is 42.5 Å². The largest absolute Gasteiger partial charge is 0.480 e. The van der Waals surface area contributed by atoms with E-state index in [9.17, 15) is 9.59 Å². The van der Waals surface area contributed by atoms with Crippen molar-refractivity contribution in [2.75, 3.05) is 45.2 Å². The summed E-state index contributed by atoms with van der Waals surface area (Å²) in [5, 5.41) is 11.8. The molecule has 0 spiro atoms. The van der Waals surface area contributed by atoms with Gasteiger partial charge in [0.2, 0.25) is 0 Å². The molecule has 2 amide bonds. The average molecular weight is 399 g/mol. The lowest BCUT2D eigenvalue weighted by Gasteiger charge is -2.34. The Balaban J connectivity index is 1.55. The third-order valence-corrected chi connectivity index (χ3v) is 4.41. The SMILES string of the molecule is CN(CC(=O)O)CC1CN(C(=O)Nc2cccc(Oc3ccccc3)c2)CCO1. The summed E-state index contributed by atoms with van der Waals surface area (Å²) in [7, 11) is 1.72. The minimum absolute atomic E-state index is 0.0692. The minimum Gasteiger partial charge on any atom is -0.480 e. The van der Waals surface area contributed by atoms with Crippen LogP contribution in [0.4, 0.5) is 10.5 Å². The number of anilines is 1. The van der Waals surface area contributed by atoms with Gasteiger partial charge in [0, 0.05) is 31.4 Å². The highest BCUT2D eigenvalue weighted by Crippen LogP contribution is 2.24. The van der Waals surface area contributed by atoms with E-state index < -0.39 is 5.97 Å². The summed E-state index contributed by atoms with van der Waals surface area (Å²) in [4.78, 5) is 26.8. The van der Waals surface area contributed by atoms with Crippen LogP contribution in [0.3, 0.4) is 0 Å². The first-order valence-electron chi connectivity index (χ1n) is 9.40. The van der Waals surface area contributed by atoms with Crippen LogP contribution in [0, 0.1) is 0 Å². The van der Waals surface area contributed by atoms with Crippen LogP contribution < -0.4 is 10.1 Å². The fraction of sp³-hybridized carbons (Fsp3) is 0.333. The number of nitrogens with zero attached hydrogens (tertiary/aromatic N) is 2. The number of amides is 2. The van der Waals surface area contributed by atoms with Gasteiger partial charge in [-0.05, 0) is 31.3 Å². The van der Waals surface area contributed by atoms with Crippen molar-refractivity contribution in [3.05, 3.63) is 54.6 Å². The molecular weight excluding hydrogens is 374 g/mol. The lowest BCUT2D eigenvalue weighted by molar-refractivity contribution is -0.138. The number of aliphatic carboxylic acids is 1. The molecule has 1 unspecified atom stereocenters. The van der Waals surface area contributed by atoms with Crippen LogP contribution in [-0.2, 0) is 9.53 Å². The first-order chi connectivity index (χ1) is 14.0. The predicted octanol–water partition coefficient (Wildman–Crippen LogP) is 2.73. The zero-order valence-corrected chi connectivity index (χ0v) is 16.3. The van der Waals surface area contributed by atoms with Crippen molar-refractivity contribution >= 4 is 17.7 Å². The quantitative estimate of drug-likeness (QED) is 0.744. The fourth-order valence-corrected chi connectivity index (χ4v) is 3.12. The van der Waals surface area contributed by atoms with Gasteiger partial charge in [0.25, 0.3) is 0 Å². The second-order valence-corrected chi connectivity index (χ2v) is 6.90. The fourth-order valence-electron chi connectivity index (χ4n) is 3.12. The number of carboxylic acid groups (broad SMARTS) is 1. The molecule has 3 rings (SSSR count). The van der Waals surface area contributed by atoms with Gasteiger partial charge in [-0.2, -0.15) is 0 Å². The molecular formula is C21H25N3O5. The maximum absolute atomic E-state index is 12.7. The number of morpholine rings is 1. The Labute approximate surface area is 169 Å². The van der Waals surface area contributed by atoms with Gasteiger partial charge in [-0.3, -0.25) is 9.69 Å². The van der Waals surface area contributed by atoms with Crippen LogP contribution in [0.25, 0.3) is 0 Å². The van der Waals surface area contributed by atoms with Crippen molar-refractivity contribution in [1.29, 1.82) is 0 Å². The second kappa shape index (κ2) is 9.90. The van der Waals surface area contributed by atoms with Crippen molar-refractivity contribution in [2.24, 2.45) is 0 Å². The van der Waals surface area contributed by atoms with Crippen LogP contribution in [-0.4, -0.2) is 72.8 Å². The summed E-state index contributed by atoms with van der Waals surface area (Å²) in [5.74, 6) is 0.456. The molecule has 0 aromatic heterocycles. The number of carboxylic acids is 1. The van der Waals surface area contributed by atoms with Crippen LogP contribution in [0.5, 0.6) is 11.5 Å². The topological polar surface area (TPSA) is 91.3 Å². The molecule has 0 saturated carbocycles. The minimum atomic E-state index is -0.893. The zero-order chi connectivity index (χ0) is 20.6. The van der Waals surface area contributed by atoms with E-state index in [0.29, 0.717) is 37.7 Å². The molecule has 1 aliphatic heterocycles. The maximum atomic E-state index is 12.7. The van der Waals surface area contributed by atoms with Crippen LogP contribution in [0.1, 0.15) is 0 Å². The highest BCUT2D eigenvalue weighted by molar-refractivity contribution is 5.89. The number of nitrogens with one attached hydrogen (secondary N) is 1. The third-order valence-electron chi connectivity index (χ3n) is 4.41. The lowest BCUT2D eigenvalue weighted by atomic mass is 10.2. The molecule has 2 N–H and O–H groups in total. The number of hydrogen-bond acceptors (Lipinski definition) is 5. The Hall–Kier alpha value is -3.10. The highest BCUT2D eigenvalue weighted by Gasteiger charge is 2.25. The Morgan fingerprint density at radius 1 is 1.21 bits per heavy atom. The smallest absolute Gasteiger partial charge is 0.322 e. The van der Waals surface area contributed by atoms with Crippen molar-refractivity contribution in [3.63, 3.8) is 0 Å². The van der Waals surface area contributed by atoms with Crippen molar-refractivity contribution in [1.82, 2.24) is 9.80 Å². The van der Waals surface area contributed by atoms with E-state index in [1.165, 1.54) is 0 Å². The Morgan fingerprint density at radius 2 is 1.97 bits per heavy atom. The molecule has 2 aromatic rings. The van der Waals surface area contributed by atoms with Gasteiger partial charge in [0.05, 0.1) is 19.3 Å². The van der Waals surface area contributed by atoms with Gasteiger partial charge in [0.15, 0.2) is 0 Å². The second-order valence-electron chi connectivity index (χ2n) is 6.90. The Morgan fingerprint density at radius 3 is 2.72 bits per heavy atom. The van der Waals surface area contributed by atoms with Gasteiger partial charge < -0.3 is 24.8 Å². The molecule has 0 radical (unpaired) electrons. The summed E-state index contributed by atoms with van der Waals surface area (Å²) < 4.78 is 11.5. The summed E-state index contributed by atoms with van der Waals surface area (Å²) in [6, 6.07) is 16.4. The number of ether oxygens (including phenoxy) is 2. The normalized spacial score (nSPS) is 16.5. The van der Waals surface area contributed by atoms with Gasteiger partial charge in [-0.1, -0.05) is 24.3 Å². The number of rotatable bonds is 7. The molecule has 8 nitrogen and oxygen atoms in total. The van der Waals surface area contributed by atoms with Crippen molar-refractivity contribution in [2.45, 2.75) is 6.10 Å². The molecule has 154 valence electrons. The number of urea groups is 1. The molecule has 29 heavy (non-hydrogen) atoms. The lowest BCUT2D eigenvalue weighted by Crippen LogP contribution is -2.50. The van der Waals surface area contributed by atoms with Crippen molar-refractivity contribution in [3.8, 4) is 11.5 Å². The highest BCUT2D eigenvalue weighted by atomic mass is 16.5. The van der Waals surface area contributed by atoms with E-state index in [1.54, 1.807) is 29.0 Å². The molecule has 1 saturated heterocycles. The summed E-state index contributed by atoms with van der Waals surface area (Å²) >= 11 is 0.